The fraction of sp³-hybridized carbons (Fsp3) is 0.947. The summed E-state index contributed by atoms with van der Waals surface area (Å²) in [7, 11) is 1.87. The van der Waals surface area contributed by atoms with Crippen LogP contribution in [0.3, 0.4) is 0 Å². The number of hydrogen-bond donors (Lipinski definition) is 2. The summed E-state index contributed by atoms with van der Waals surface area (Å²) in [5.41, 5.74) is 0. The number of guanidine groups is 1. The fourth-order valence-corrected chi connectivity index (χ4v) is 3.72. The van der Waals surface area contributed by atoms with Gasteiger partial charge in [-0.25, -0.2) is 0 Å². The van der Waals surface area contributed by atoms with Crippen LogP contribution in [0.5, 0.6) is 0 Å². The lowest BCUT2D eigenvalue weighted by Crippen LogP contribution is -2.50. The van der Waals surface area contributed by atoms with Gasteiger partial charge in [-0.3, -0.25) is 9.89 Å². The van der Waals surface area contributed by atoms with Crippen LogP contribution in [0.1, 0.15) is 33.6 Å². The Hall–Kier alpha value is -0.120. The number of rotatable bonds is 7. The largest absolute Gasteiger partial charge is 0.379 e. The van der Waals surface area contributed by atoms with Gasteiger partial charge in [0.1, 0.15) is 0 Å². The van der Waals surface area contributed by atoms with Gasteiger partial charge in [0.05, 0.1) is 13.2 Å². The van der Waals surface area contributed by atoms with E-state index in [2.05, 4.69) is 46.2 Å². The smallest absolute Gasteiger partial charge is 0.191 e. The van der Waals surface area contributed by atoms with Gasteiger partial charge in [0.2, 0.25) is 0 Å². The van der Waals surface area contributed by atoms with Crippen molar-refractivity contribution in [2.75, 3.05) is 66.1 Å². The van der Waals surface area contributed by atoms with Crippen LogP contribution in [0.4, 0.5) is 0 Å². The summed E-state index contributed by atoms with van der Waals surface area (Å²) >= 11 is 0. The van der Waals surface area contributed by atoms with Crippen molar-refractivity contribution in [2.24, 2.45) is 16.8 Å². The molecule has 2 heterocycles. The van der Waals surface area contributed by atoms with E-state index in [-0.39, 0.29) is 24.0 Å². The van der Waals surface area contributed by atoms with Crippen LogP contribution in [-0.2, 0) is 4.74 Å². The van der Waals surface area contributed by atoms with Crippen molar-refractivity contribution in [3.05, 3.63) is 0 Å². The lowest BCUT2D eigenvalue weighted by atomic mass is 10.0. The number of ether oxygens (including phenoxy) is 1. The van der Waals surface area contributed by atoms with Gasteiger partial charge in [0.15, 0.2) is 5.96 Å². The van der Waals surface area contributed by atoms with Crippen molar-refractivity contribution in [3.63, 3.8) is 0 Å². The summed E-state index contributed by atoms with van der Waals surface area (Å²) in [6.07, 6.45) is 2.41. The van der Waals surface area contributed by atoms with E-state index in [1.165, 1.54) is 32.5 Å². The Balaban J connectivity index is 0.00000338. The predicted molar refractivity (Wildman–Crippen MR) is 121 cm³/mol. The molecule has 26 heavy (non-hydrogen) atoms. The van der Waals surface area contributed by atoms with E-state index >= 15 is 0 Å². The second kappa shape index (κ2) is 13.1. The SMILES string of the molecule is CN=C(NCC(C)CN1CCOCC1)NC1CCN(CC(C)C)CC1.I. The third-order valence-corrected chi connectivity index (χ3v) is 5.07. The number of halogens is 1. The zero-order chi connectivity index (χ0) is 18.1. The Morgan fingerprint density at radius 2 is 1.65 bits per heavy atom. The summed E-state index contributed by atoms with van der Waals surface area (Å²) in [4.78, 5) is 9.50. The van der Waals surface area contributed by atoms with Gasteiger partial charge in [-0.05, 0) is 24.7 Å². The van der Waals surface area contributed by atoms with E-state index in [9.17, 15) is 0 Å². The Morgan fingerprint density at radius 1 is 1.04 bits per heavy atom. The maximum Gasteiger partial charge on any atom is 0.191 e. The van der Waals surface area contributed by atoms with Gasteiger partial charge in [-0.2, -0.15) is 0 Å². The van der Waals surface area contributed by atoms with Gasteiger partial charge in [0, 0.05) is 58.9 Å². The molecule has 2 aliphatic rings. The van der Waals surface area contributed by atoms with Crippen molar-refractivity contribution < 1.29 is 4.74 Å². The minimum absolute atomic E-state index is 0. The summed E-state index contributed by atoms with van der Waals surface area (Å²) in [5.74, 6) is 2.31. The first-order chi connectivity index (χ1) is 12.1. The van der Waals surface area contributed by atoms with E-state index < -0.39 is 0 Å². The zero-order valence-corrected chi connectivity index (χ0v) is 19.5. The predicted octanol–water partition coefficient (Wildman–Crippen LogP) is 1.86. The molecule has 0 bridgehead atoms. The molecule has 6 nitrogen and oxygen atoms in total. The van der Waals surface area contributed by atoms with E-state index in [1.54, 1.807) is 0 Å². The van der Waals surface area contributed by atoms with Crippen LogP contribution in [0, 0.1) is 11.8 Å². The highest BCUT2D eigenvalue weighted by molar-refractivity contribution is 14.0. The molecular weight excluding hydrogens is 441 g/mol. The Kier molecular flexibility index (Phi) is 12.1. The van der Waals surface area contributed by atoms with E-state index in [0.29, 0.717) is 12.0 Å². The average molecular weight is 481 g/mol. The van der Waals surface area contributed by atoms with Crippen molar-refractivity contribution in [2.45, 2.75) is 39.7 Å². The summed E-state index contributed by atoms with van der Waals surface area (Å²) in [6, 6.07) is 0.546. The summed E-state index contributed by atoms with van der Waals surface area (Å²) < 4.78 is 5.42. The molecule has 1 unspecified atom stereocenters. The molecule has 0 aromatic rings. The number of nitrogens with zero attached hydrogens (tertiary/aromatic N) is 3. The molecule has 0 aliphatic carbocycles. The molecule has 0 amide bonds. The Labute approximate surface area is 177 Å². The van der Waals surface area contributed by atoms with Gasteiger partial charge < -0.3 is 20.3 Å². The van der Waals surface area contributed by atoms with Crippen LogP contribution >= 0.6 is 24.0 Å². The maximum absolute atomic E-state index is 5.42. The summed E-state index contributed by atoms with van der Waals surface area (Å²) in [5, 5.41) is 7.13. The van der Waals surface area contributed by atoms with Crippen LogP contribution in [-0.4, -0.2) is 87.9 Å². The lowest BCUT2D eigenvalue weighted by molar-refractivity contribution is 0.0320. The minimum Gasteiger partial charge on any atom is -0.379 e. The number of piperidine rings is 1. The standard InChI is InChI=1S/C19H39N5O.HI/c1-16(2)14-23-7-5-18(6-8-23)22-19(20-4)21-13-17(3)15-24-9-11-25-12-10-24;/h16-18H,5-15H2,1-4H3,(H2,20,21,22);1H. The van der Waals surface area contributed by atoms with Crippen molar-refractivity contribution in [3.8, 4) is 0 Å². The fourth-order valence-electron chi connectivity index (χ4n) is 3.72. The van der Waals surface area contributed by atoms with Crippen molar-refractivity contribution in [1.82, 2.24) is 20.4 Å². The third kappa shape index (κ3) is 9.19. The normalized spacial score (nSPS) is 22.1. The van der Waals surface area contributed by atoms with Crippen LogP contribution in [0.25, 0.3) is 0 Å². The minimum atomic E-state index is 0. The second-order valence-corrected chi connectivity index (χ2v) is 8.08. The molecule has 2 aliphatic heterocycles. The average Bonchev–Trinajstić information content (AvgIpc) is 2.60. The molecule has 1 atom stereocenters. The molecule has 2 rings (SSSR count). The molecule has 7 heteroatoms. The van der Waals surface area contributed by atoms with Crippen molar-refractivity contribution in [1.29, 1.82) is 0 Å². The third-order valence-electron chi connectivity index (χ3n) is 5.07. The zero-order valence-electron chi connectivity index (χ0n) is 17.2. The molecule has 2 fully saturated rings. The highest BCUT2D eigenvalue weighted by Crippen LogP contribution is 2.12. The van der Waals surface area contributed by atoms with Gasteiger partial charge >= 0.3 is 0 Å². The number of aliphatic imine (C=N–C) groups is 1. The van der Waals surface area contributed by atoms with E-state index in [4.69, 9.17) is 4.74 Å². The van der Waals surface area contributed by atoms with Gasteiger partial charge in [-0.1, -0.05) is 20.8 Å². The molecular formula is C19H40IN5O. The first-order valence-corrected chi connectivity index (χ1v) is 10.1. The topological polar surface area (TPSA) is 52.1 Å². The van der Waals surface area contributed by atoms with Crippen LogP contribution in [0.15, 0.2) is 4.99 Å². The number of nitrogens with one attached hydrogen (secondary N) is 2. The highest BCUT2D eigenvalue weighted by Gasteiger charge is 2.20. The number of morpholine rings is 1. The highest BCUT2D eigenvalue weighted by atomic mass is 127. The molecule has 2 saturated heterocycles. The Bertz CT molecular complexity index is 393. The second-order valence-electron chi connectivity index (χ2n) is 8.08. The maximum atomic E-state index is 5.42. The van der Waals surface area contributed by atoms with Gasteiger partial charge in [0.25, 0.3) is 0 Å². The molecule has 0 aromatic heterocycles. The van der Waals surface area contributed by atoms with E-state index in [0.717, 1.165) is 51.3 Å². The first kappa shape index (κ1) is 23.9. The van der Waals surface area contributed by atoms with Gasteiger partial charge in [-0.15, -0.1) is 24.0 Å². The van der Waals surface area contributed by atoms with Crippen molar-refractivity contribution >= 4 is 29.9 Å². The monoisotopic (exact) mass is 481 g/mol. The molecule has 0 saturated carbocycles. The van der Waals surface area contributed by atoms with Crippen LogP contribution < -0.4 is 10.6 Å². The first-order valence-electron chi connectivity index (χ1n) is 10.1. The molecule has 0 radical (unpaired) electrons. The quantitative estimate of drug-likeness (QED) is 0.331. The lowest BCUT2D eigenvalue weighted by Gasteiger charge is -2.34. The van der Waals surface area contributed by atoms with E-state index in [1.807, 2.05) is 7.05 Å². The Morgan fingerprint density at radius 3 is 2.23 bits per heavy atom. The summed E-state index contributed by atoms with van der Waals surface area (Å²) in [6.45, 7) is 16.5. The molecule has 0 aromatic carbocycles. The number of hydrogen-bond acceptors (Lipinski definition) is 4. The molecule has 0 spiro atoms. The van der Waals surface area contributed by atoms with Crippen LogP contribution in [0.2, 0.25) is 0 Å². The molecule has 154 valence electrons. The number of likely N-dealkylation sites (tertiary alicyclic amines) is 1. The molecule has 2 N–H and O–H groups in total.